The van der Waals surface area contributed by atoms with Crippen molar-refractivity contribution in [2.45, 2.75) is 204 Å². The van der Waals surface area contributed by atoms with E-state index in [2.05, 4.69) is 36.8 Å². The van der Waals surface area contributed by atoms with Crippen LogP contribution in [0.15, 0.2) is 74.0 Å². The molecule has 9 aromatic heterocycles. The number of halogens is 4. The molecular formula is C64H72Cl3CsFN9O13S3. The first-order chi connectivity index (χ1) is 44.0. The minimum Gasteiger partial charge on any atom is -1.00 e. The Bertz CT molecular complexity index is 4030. The second kappa shape index (κ2) is 28.0. The van der Waals surface area contributed by atoms with Crippen LogP contribution in [0.25, 0.3) is 33.1 Å². The summed E-state index contributed by atoms with van der Waals surface area (Å²) in [5, 5.41) is 35.0. The molecule has 7 aliphatic heterocycles. The molecule has 9 aromatic rings. The van der Waals surface area contributed by atoms with Crippen molar-refractivity contribution in [3.05, 3.63) is 135 Å². The fourth-order valence-electron chi connectivity index (χ4n) is 14.0. The minimum atomic E-state index is -0.979. The standard InChI is InChI=1S/C22H26ClN3O4S.C21H24ClN3O5S.C21H22ClN3O4S.Cs.FH/c1-5-6-12-9-14(23)31-19(12)15(27)16-17-18(30-22(3,4)29-17)21(28-16)26-8-7-13-11(2)24-10-25-20(13)26;1-10-12-4-6-25(19(12)24-9-23-10)20-17-16(29-21(2,3)30-17)15(28-20)14(27)18-11(5-7-26)8-13(22)31-18;1-10-12-4-6-25(19(12)24-9-23-10)20-17-15(28-21(2,3)29-17)14(27-20)16-18-11(5-7-26-16)8-13(22)30-18;;/h7-10,15-18,21,27H,5-6H2,1-4H3;4,6,8-9,14-17,20,26-27H,5,7H2,1-3H3;4,6,8-9,14-17,20H,5,7H2,1-3H3;;1H/q;;;+1;/p-1/t15?,16-,17+,18+,21+;14-,15-,16-,17-,20-;14-,15+,16-,17+,20+;;/m010../s1. The molecule has 6 fully saturated rings. The summed E-state index contributed by atoms with van der Waals surface area (Å²) in [5.41, 5.74) is 8.13. The van der Waals surface area contributed by atoms with E-state index in [1.54, 1.807) is 30.1 Å². The third kappa shape index (κ3) is 13.4. The number of thiophene rings is 3. The van der Waals surface area contributed by atoms with E-state index in [0.717, 1.165) is 94.7 Å². The van der Waals surface area contributed by atoms with E-state index in [1.165, 1.54) is 34.6 Å². The zero-order valence-electron chi connectivity index (χ0n) is 53.5. The van der Waals surface area contributed by atoms with E-state index in [-0.39, 0.29) is 117 Å². The summed E-state index contributed by atoms with van der Waals surface area (Å²) in [5.74, 6) is -2.29. The van der Waals surface area contributed by atoms with Crippen molar-refractivity contribution < 1.29 is 136 Å². The maximum atomic E-state index is 11.4. The zero-order chi connectivity index (χ0) is 64.4. The Morgan fingerprint density at radius 1 is 0.543 bits per heavy atom. The number of aliphatic hydroxyl groups is 3. The first-order valence-corrected chi connectivity index (χ1v) is 34.4. The van der Waals surface area contributed by atoms with Gasteiger partial charge in [0, 0.05) is 56.0 Å². The SMILES string of the molecule is CCCc1cc(Cl)sc1C(O)[C@@H]1O[C@@H](n2ccc3c(C)ncnc32)[C@@H]2OC(C)(C)O[C@@H]21.Cc1ncnc2c1ccn2[C@@H]1O[C@H]([C@@H](O)c2sc(Cl)cc2CCO)[C@H]2OC(C)(C)O[C@H]21.Cc1ncnc2c1ccn2[C@@H]1O[C@H]([C@@H]2OCCc3cc(Cl)sc32)[C@H]2OC(C)(C)O[C@H]21.[Cs+].[F-]. The van der Waals surface area contributed by atoms with Gasteiger partial charge in [0.1, 0.15) is 109 Å². The largest absolute Gasteiger partial charge is 1.00 e. The van der Waals surface area contributed by atoms with Crippen LogP contribution in [-0.2, 0) is 66.6 Å². The van der Waals surface area contributed by atoms with Gasteiger partial charge in [-0.05, 0) is 135 Å². The molecule has 3 N–H and O–H groups in total. The molecule has 0 aromatic carbocycles. The van der Waals surface area contributed by atoms with Crippen molar-refractivity contribution in [1.29, 1.82) is 0 Å². The third-order valence-corrected chi connectivity index (χ3v) is 22.0. The number of rotatable bonds is 12. The molecule has 16 rings (SSSR count). The van der Waals surface area contributed by atoms with Crippen molar-refractivity contribution in [3.8, 4) is 0 Å². The van der Waals surface area contributed by atoms with Crippen LogP contribution in [-0.4, -0.2) is 144 Å². The molecule has 0 bridgehead atoms. The molecule has 0 radical (unpaired) electrons. The van der Waals surface area contributed by atoms with E-state index >= 15 is 0 Å². The van der Waals surface area contributed by atoms with E-state index in [9.17, 15) is 15.3 Å². The van der Waals surface area contributed by atoms with Crippen LogP contribution in [0, 0.1) is 20.8 Å². The molecule has 0 saturated carbocycles. The maximum absolute atomic E-state index is 11.4. The van der Waals surface area contributed by atoms with Crippen molar-refractivity contribution in [2.75, 3.05) is 13.2 Å². The predicted octanol–water partition coefficient (Wildman–Crippen LogP) is 5.89. The Labute approximate surface area is 627 Å². The van der Waals surface area contributed by atoms with Crippen molar-refractivity contribution in [2.24, 2.45) is 0 Å². The molecule has 1 unspecified atom stereocenters. The summed E-state index contributed by atoms with van der Waals surface area (Å²) in [6, 6.07) is 11.7. The molecule has 94 heavy (non-hydrogen) atoms. The molecule has 0 amide bonds. The smallest absolute Gasteiger partial charge is 1.00 e. The van der Waals surface area contributed by atoms with Crippen LogP contribution >= 0.6 is 68.8 Å². The van der Waals surface area contributed by atoms with E-state index in [1.807, 2.05) is 125 Å². The Hall–Kier alpha value is -2.71. The molecule has 6 saturated heterocycles. The molecule has 22 nitrogen and oxygen atoms in total. The Morgan fingerprint density at radius 3 is 1.37 bits per heavy atom. The molecule has 30 heteroatoms. The Morgan fingerprint density at radius 2 is 0.936 bits per heavy atom. The number of fused-ring (bicyclic) bond motifs is 7. The summed E-state index contributed by atoms with van der Waals surface area (Å²) in [6.45, 7) is 19.9. The van der Waals surface area contributed by atoms with Crippen LogP contribution in [0.2, 0.25) is 13.0 Å². The molecule has 0 spiro atoms. The zero-order valence-corrected chi connectivity index (χ0v) is 64.5. The van der Waals surface area contributed by atoms with Gasteiger partial charge in [0.15, 0.2) is 36.0 Å². The van der Waals surface area contributed by atoms with Crippen LogP contribution in [0.3, 0.4) is 0 Å². The normalized spacial score (nSPS) is 29.0. The van der Waals surface area contributed by atoms with E-state index < -0.39 is 72.5 Å². The summed E-state index contributed by atoms with van der Waals surface area (Å²) in [6.07, 6.45) is 6.23. The first kappa shape index (κ1) is 71.1. The van der Waals surface area contributed by atoms with Gasteiger partial charge in [-0.2, -0.15) is 0 Å². The number of hydrogen-bond acceptors (Lipinski definition) is 22. The topological polar surface area (TPSA) is 245 Å². The Balaban J connectivity index is 0.000000134. The van der Waals surface area contributed by atoms with Gasteiger partial charge in [0.2, 0.25) is 0 Å². The van der Waals surface area contributed by atoms with Crippen molar-refractivity contribution >= 4 is 102 Å². The van der Waals surface area contributed by atoms with Gasteiger partial charge in [-0.15, -0.1) is 34.0 Å². The van der Waals surface area contributed by atoms with Gasteiger partial charge in [0.25, 0.3) is 0 Å². The number of aryl methyl sites for hydroxylation is 4. The number of nitrogens with zero attached hydrogens (tertiary/aromatic N) is 9. The van der Waals surface area contributed by atoms with Gasteiger partial charge >= 0.3 is 68.9 Å². The first-order valence-electron chi connectivity index (χ1n) is 30.8. The fraction of sp³-hybridized carbons (Fsp3) is 0.531. The Kier molecular flexibility index (Phi) is 21.2. The van der Waals surface area contributed by atoms with E-state index in [4.69, 9.17) is 82.2 Å². The number of ether oxygens (including phenoxy) is 10. The molecule has 498 valence electrons. The van der Waals surface area contributed by atoms with Crippen LogP contribution in [0.1, 0.15) is 140 Å². The van der Waals surface area contributed by atoms with E-state index in [0.29, 0.717) is 26.6 Å². The third-order valence-electron chi connectivity index (χ3n) is 17.9. The summed E-state index contributed by atoms with van der Waals surface area (Å²) < 4.78 is 71.0. The average Bonchev–Trinajstić information content (AvgIpc) is 1.59. The second-order valence-corrected chi connectivity index (χ2v) is 30.5. The van der Waals surface area contributed by atoms with Gasteiger partial charge in [0.05, 0.1) is 36.7 Å². The number of aliphatic hydroxyl groups excluding tert-OH is 3. The van der Waals surface area contributed by atoms with Gasteiger partial charge in [-0.3, -0.25) is 0 Å². The summed E-state index contributed by atoms with van der Waals surface area (Å²) >= 11 is 23.1. The van der Waals surface area contributed by atoms with Crippen LogP contribution in [0.4, 0.5) is 0 Å². The molecular weight excluding hydrogens is 1460 g/mol. The molecule has 15 atom stereocenters. The monoisotopic (exact) mass is 1530 g/mol. The second-order valence-electron chi connectivity index (χ2n) is 25.4. The average molecular weight is 1530 g/mol. The summed E-state index contributed by atoms with van der Waals surface area (Å²) in [4.78, 5) is 28.9. The number of aromatic nitrogens is 9. The van der Waals surface area contributed by atoms with Crippen LogP contribution in [0.5, 0.6) is 0 Å². The predicted molar refractivity (Wildman–Crippen MR) is 345 cm³/mol. The number of hydrogen-bond donors (Lipinski definition) is 3. The minimum absolute atomic E-state index is 0. The fourth-order valence-corrected chi connectivity index (χ4v) is 18.1. The van der Waals surface area contributed by atoms with Crippen LogP contribution < -0.4 is 73.6 Å². The molecule has 16 heterocycles. The van der Waals surface area contributed by atoms with Gasteiger partial charge in [-0.1, -0.05) is 48.1 Å². The van der Waals surface area contributed by atoms with Gasteiger partial charge in [-0.25, -0.2) is 29.9 Å². The molecule has 0 aliphatic carbocycles. The van der Waals surface area contributed by atoms with Crippen molar-refractivity contribution in [1.82, 2.24) is 43.6 Å². The van der Waals surface area contributed by atoms with Gasteiger partial charge < -0.3 is 81.1 Å². The quantitative estimate of drug-likeness (QED) is 0.129. The molecule has 7 aliphatic rings. The van der Waals surface area contributed by atoms with Crippen molar-refractivity contribution in [3.63, 3.8) is 0 Å². The summed E-state index contributed by atoms with van der Waals surface area (Å²) in [7, 11) is 0. The maximum Gasteiger partial charge on any atom is 1.00 e.